The Morgan fingerprint density at radius 3 is 2.33 bits per heavy atom. The van der Waals surface area contributed by atoms with Crippen LogP contribution in [-0.2, 0) is 9.47 Å². The van der Waals surface area contributed by atoms with Crippen LogP contribution >= 0.6 is 0 Å². The van der Waals surface area contributed by atoms with E-state index in [-0.39, 0.29) is 25.3 Å². The molecule has 0 N–H and O–H groups in total. The van der Waals surface area contributed by atoms with Gasteiger partial charge in [-0.1, -0.05) is 0 Å². The zero-order valence-corrected chi connectivity index (χ0v) is 12.0. The second-order valence-corrected chi connectivity index (χ2v) is 5.04. The molecule has 0 spiro atoms. The van der Waals surface area contributed by atoms with Crippen LogP contribution in [0.5, 0.6) is 0 Å². The second-order valence-electron chi connectivity index (χ2n) is 5.04. The average Bonchev–Trinajstić information content (AvgIpc) is 2.41. The Morgan fingerprint density at radius 1 is 1.24 bits per heavy atom. The van der Waals surface area contributed by atoms with Gasteiger partial charge in [0.15, 0.2) is 17.5 Å². The Morgan fingerprint density at radius 2 is 1.81 bits per heavy atom. The van der Waals surface area contributed by atoms with E-state index in [1.165, 1.54) is 4.90 Å². The molecule has 2 atom stereocenters. The van der Waals surface area contributed by atoms with Gasteiger partial charge in [-0.3, -0.25) is 0 Å². The van der Waals surface area contributed by atoms with Crippen LogP contribution in [0.4, 0.5) is 18.9 Å². The predicted molar refractivity (Wildman–Crippen MR) is 69.9 cm³/mol. The Hall–Kier alpha value is -1.76. The van der Waals surface area contributed by atoms with E-state index in [4.69, 9.17) is 4.74 Å². The van der Waals surface area contributed by atoms with Crippen LogP contribution in [0.15, 0.2) is 6.07 Å². The monoisotopic (exact) mass is 303 g/mol. The quantitative estimate of drug-likeness (QED) is 0.621. The normalized spacial score (nSPS) is 22.3. The third-order valence-corrected chi connectivity index (χ3v) is 3.28. The van der Waals surface area contributed by atoms with E-state index in [2.05, 4.69) is 4.74 Å². The van der Waals surface area contributed by atoms with E-state index in [1.54, 1.807) is 13.8 Å². The lowest BCUT2D eigenvalue weighted by Crippen LogP contribution is -2.46. The Labute approximate surface area is 120 Å². The molecule has 7 heteroatoms. The summed E-state index contributed by atoms with van der Waals surface area (Å²) >= 11 is 0. The first-order chi connectivity index (χ1) is 9.85. The molecule has 1 aliphatic heterocycles. The van der Waals surface area contributed by atoms with Gasteiger partial charge in [0.2, 0.25) is 0 Å². The number of nitrogens with zero attached hydrogens (tertiary/aromatic N) is 1. The lowest BCUT2D eigenvalue weighted by atomic mass is 10.1. The van der Waals surface area contributed by atoms with Crippen LogP contribution in [0, 0.1) is 17.5 Å². The summed E-state index contributed by atoms with van der Waals surface area (Å²) in [7, 11) is 1.01. The number of hydrogen-bond acceptors (Lipinski definition) is 4. The van der Waals surface area contributed by atoms with Gasteiger partial charge in [-0.15, -0.1) is 0 Å². The topological polar surface area (TPSA) is 38.8 Å². The molecule has 0 aromatic heterocycles. The highest BCUT2D eigenvalue weighted by atomic mass is 19.2. The largest absolute Gasteiger partial charge is 0.465 e. The molecule has 0 amide bonds. The molecule has 0 radical (unpaired) electrons. The van der Waals surface area contributed by atoms with Crippen molar-refractivity contribution in [3.05, 3.63) is 29.1 Å². The van der Waals surface area contributed by atoms with E-state index in [9.17, 15) is 18.0 Å². The molecule has 1 aliphatic rings. The number of anilines is 1. The van der Waals surface area contributed by atoms with E-state index >= 15 is 0 Å². The van der Waals surface area contributed by atoms with Crippen LogP contribution in [0.25, 0.3) is 0 Å². The Balaban J connectivity index is 2.45. The van der Waals surface area contributed by atoms with Crippen molar-refractivity contribution in [3.8, 4) is 0 Å². The highest BCUT2D eigenvalue weighted by Gasteiger charge is 2.30. The summed E-state index contributed by atoms with van der Waals surface area (Å²) < 4.78 is 52.0. The number of hydrogen-bond donors (Lipinski definition) is 0. The Bertz CT molecular complexity index is 555. The summed E-state index contributed by atoms with van der Waals surface area (Å²) in [6.45, 7) is 3.99. The van der Waals surface area contributed by atoms with Crippen molar-refractivity contribution >= 4 is 11.7 Å². The van der Waals surface area contributed by atoms with Crippen molar-refractivity contribution < 1.29 is 27.4 Å². The number of carbonyl (C=O) groups excluding carboxylic acids is 1. The van der Waals surface area contributed by atoms with E-state index in [1.807, 2.05) is 0 Å². The first-order valence-electron chi connectivity index (χ1n) is 6.51. The van der Waals surface area contributed by atoms with Gasteiger partial charge in [-0.05, 0) is 19.9 Å². The lowest BCUT2D eigenvalue weighted by molar-refractivity contribution is -0.00563. The van der Waals surface area contributed by atoms with Crippen molar-refractivity contribution in [2.45, 2.75) is 26.1 Å². The molecule has 4 nitrogen and oxygen atoms in total. The van der Waals surface area contributed by atoms with Crippen molar-refractivity contribution in [2.75, 3.05) is 25.1 Å². The highest BCUT2D eigenvalue weighted by molar-refractivity contribution is 5.90. The van der Waals surface area contributed by atoms with Gasteiger partial charge in [0.1, 0.15) is 11.3 Å². The van der Waals surface area contributed by atoms with Crippen molar-refractivity contribution in [2.24, 2.45) is 0 Å². The number of carbonyl (C=O) groups is 1. The fourth-order valence-electron chi connectivity index (χ4n) is 2.49. The minimum Gasteiger partial charge on any atom is -0.465 e. The molecule has 0 bridgehead atoms. The third kappa shape index (κ3) is 2.97. The fraction of sp³-hybridized carbons (Fsp3) is 0.500. The molecule has 1 aromatic rings. The van der Waals surface area contributed by atoms with Crippen LogP contribution in [0.3, 0.4) is 0 Å². The second kappa shape index (κ2) is 5.93. The van der Waals surface area contributed by atoms with Gasteiger partial charge in [-0.2, -0.15) is 0 Å². The predicted octanol–water partition coefficient (Wildman–Crippen LogP) is 2.50. The van der Waals surface area contributed by atoms with Crippen LogP contribution < -0.4 is 4.90 Å². The Kier molecular flexibility index (Phi) is 4.41. The molecule has 116 valence electrons. The first kappa shape index (κ1) is 15.6. The molecule has 1 aromatic carbocycles. The van der Waals surface area contributed by atoms with Gasteiger partial charge in [0.05, 0.1) is 19.3 Å². The minimum absolute atomic E-state index is 0.231. The maximum Gasteiger partial charge on any atom is 0.341 e. The van der Waals surface area contributed by atoms with E-state index in [0.717, 1.165) is 7.11 Å². The van der Waals surface area contributed by atoms with Crippen LogP contribution in [-0.4, -0.2) is 38.4 Å². The van der Waals surface area contributed by atoms with Gasteiger partial charge in [0, 0.05) is 13.1 Å². The highest BCUT2D eigenvalue weighted by Crippen LogP contribution is 2.30. The molecular weight excluding hydrogens is 287 g/mol. The number of halogens is 3. The molecule has 1 saturated heterocycles. The SMILES string of the molecule is COC(=O)c1cc(F)c(N2CC(C)OC(C)C2)c(F)c1F. The molecule has 2 rings (SSSR count). The van der Waals surface area contributed by atoms with Crippen LogP contribution in [0.1, 0.15) is 24.2 Å². The van der Waals surface area contributed by atoms with Crippen molar-refractivity contribution in [3.63, 3.8) is 0 Å². The molecular formula is C14H16F3NO3. The average molecular weight is 303 g/mol. The summed E-state index contributed by atoms with van der Waals surface area (Å²) in [4.78, 5) is 12.7. The van der Waals surface area contributed by atoms with Crippen LogP contribution in [0.2, 0.25) is 0 Å². The number of ether oxygens (including phenoxy) is 2. The number of benzene rings is 1. The van der Waals surface area contributed by atoms with Gasteiger partial charge in [0.25, 0.3) is 0 Å². The maximum atomic E-state index is 14.2. The van der Waals surface area contributed by atoms with Crippen molar-refractivity contribution in [1.29, 1.82) is 0 Å². The van der Waals surface area contributed by atoms with E-state index < -0.39 is 34.7 Å². The summed E-state index contributed by atoms with van der Waals surface area (Å²) in [5.74, 6) is -4.93. The molecule has 1 fully saturated rings. The molecule has 2 unspecified atom stereocenters. The molecule has 21 heavy (non-hydrogen) atoms. The fourth-order valence-corrected chi connectivity index (χ4v) is 2.49. The zero-order chi connectivity index (χ0) is 15.7. The number of methoxy groups -OCH3 is 1. The number of esters is 1. The third-order valence-electron chi connectivity index (χ3n) is 3.28. The van der Waals surface area contributed by atoms with Crippen molar-refractivity contribution in [1.82, 2.24) is 0 Å². The van der Waals surface area contributed by atoms with Gasteiger partial charge < -0.3 is 14.4 Å². The zero-order valence-electron chi connectivity index (χ0n) is 12.0. The smallest absolute Gasteiger partial charge is 0.341 e. The summed E-state index contributed by atoms with van der Waals surface area (Å²) in [5, 5.41) is 0. The summed E-state index contributed by atoms with van der Waals surface area (Å²) in [5.41, 5.74) is -1.24. The van der Waals surface area contributed by atoms with Gasteiger partial charge >= 0.3 is 5.97 Å². The molecule has 0 saturated carbocycles. The standard InChI is InChI=1S/C14H16F3NO3/c1-7-5-18(6-8(2)21-7)13-10(15)4-9(14(19)20-3)11(16)12(13)17/h4,7-8H,5-6H2,1-3H3. The number of rotatable bonds is 2. The van der Waals surface area contributed by atoms with E-state index in [0.29, 0.717) is 6.07 Å². The number of morpholine rings is 1. The molecule has 0 aliphatic carbocycles. The van der Waals surface area contributed by atoms with Gasteiger partial charge in [-0.25, -0.2) is 18.0 Å². The lowest BCUT2D eigenvalue weighted by Gasteiger charge is -2.37. The minimum atomic E-state index is -1.41. The first-order valence-corrected chi connectivity index (χ1v) is 6.51. The molecule has 1 heterocycles. The summed E-state index contributed by atoms with van der Waals surface area (Å²) in [6.07, 6.45) is -0.480. The maximum absolute atomic E-state index is 14.2. The summed E-state index contributed by atoms with van der Waals surface area (Å²) in [6, 6.07) is 0.657.